The van der Waals surface area contributed by atoms with Crippen LogP contribution in [-0.4, -0.2) is 17.5 Å². The number of nitrogens with zero attached hydrogens (tertiary/aromatic N) is 1. The van der Waals surface area contributed by atoms with E-state index in [-0.39, 0.29) is 5.75 Å². The Hall–Kier alpha value is -2.57. The minimum Gasteiger partial charge on any atom is -0.484 e. The monoisotopic (exact) mass is 310 g/mol. The van der Waals surface area contributed by atoms with Crippen LogP contribution in [0.4, 0.5) is 19.0 Å². The Morgan fingerprint density at radius 3 is 2.73 bits per heavy atom. The molecule has 0 aliphatic heterocycles. The molecule has 116 valence electrons. The summed E-state index contributed by atoms with van der Waals surface area (Å²) in [5.74, 6) is -0.171. The number of hydrogen-bond donors (Lipinski definition) is 1. The molecule has 1 amide bonds. The topological polar surface area (TPSA) is 51.2 Å². The first-order valence-corrected chi connectivity index (χ1v) is 6.37. The van der Waals surface area contributed by atoms with Crippen LogP contribution in [0.15, 0.2) is 42.6 Å². The number of ether oxygens (including phenoxy) is 1. The van der Waals surface area contributed by atoms with E-state index in [0.29, 0.717) is 5.82 Å². The number of hydrogen-bond acceptors (Lipinski definition) is 3. The van der Waals surface area contributed by atoms with Gasteiger partial charge in [-0.25, -0.2) is 4.98 Å². The van der Waals surface area contributed by atoms with E-state index in [1.807, 2.05) is 6.92 Å². The van der Waals surface area contributed by atoms with Crippen molar-refractivity contribution in [3.8, 4) is 5.75 Å². The zero-order valence-electron chi connectivity index (χ0n) is 11.6. The van der Waals surface area contributed by atoms with Crippen molar-refractivity contribution in [3.05, 3.63) is 53.7 Å². The number of aromatic nitrogens is 1. The summed E-state index contributed by atoms with van der Waals surface area (Å²) in [4.78, 5) is 15.6. The van der Waals surface area contributed by atoms with Crippen molar-refractivity contribution in [1.82, 2.24) is 4.98 Å². The van der Waals surface area contributed by atoms with Gasteiger partial charge in [0.25, 0.3) is 5.91 Å². The lowest BCUT2D eigenvalue weighted by atomic mass is 10.2. The van der Waals surface area contributed by atoms with Crippen molar-refractivity contribution in [2.75, 3.05) is 11.9 Å². The molecule has 0 aliphatic carbocycles. The first-order chi connectivity index (χ1) is 10.3. The first kappa shape index (κ1) is 15.8. The summed E-state index contributed by atoms with van der Waals surface area (Å²) in [5.41, 5.74) is 0.0925. The number of carbonyl (C=O) groups is 1. The van der Waals surface area contributed by atoms with Gasteiger partial charge in [0.15, 0.2) is 6.61 Å². The van der Waals surface area contributed by atoms with Gasteiger partial charge in [0.1, 0.15) is 11.6 Å². The third-order valence-corrected chi connectivity index (χ3v) is 2.71. The summed E-state index contributed by atoms with van der Waals surface area (Å²) in [6.45, 7) is 1.44. The van der Waals surface area contributed by atoms with Gasteiger partial charge in [-0.1, -0.05) is 6.07 Å². The van der Waals surface area contributed by atoms with Crippen LogP contribution in [0, 0.1) is 6.92 Å². The van der Waals surface area contributed by atoms with Crippen LogP contribution < -0.4 is 10.1 Å². The minimum absolute atomic E-state index is 0.0258. The highest BCUT2D eigenvalue weighted by Crippen LogP contribution is 2.31. The molecular formula is C15H13F3N2O2. The molecule has 0 aliphatic rings. The first-order valence-electron chi connectivity index (χ1n) is 6.37. The van der Waals surface area contributed by atoms with E-state index >= 15 is 0 Å². The van der Waals surface area contributed by atoms with Gasteiger partial charge < -0.3 is 10.1 Å². The fourth-order valence-electron chi connectivity index (χ4n) is 1.69. The van der Waals surface area contributed by atoms with Crippen LogP contribution in [0.5, 0.6) is 5.75 Å². The largest absolute Gasteiger partial charge is 0.484 e. The molecule has 1 aromatic carbocycles. The molecule has 0 radical (unpaired) electrons. The fourth-order valence-corrected chi connectivity index (χ4v) is 1.69. The lowest BCUT2D eigenvalue weighted by molar-refractivity contribution is -0.137. The van der Waals surface area contributed by atoms with Crippen molar-refractivity contribution < 1.29 is 22.7 Å². The second-order valence-electron chi connectivity index (χ2n) is 4.58. The van der Waals surface area contributed by atoms with E-state index in [9.17, 15) is 18.0 Å². The lowest BCUT2D eigenvalue weighted by Gasteiger charge is -2.10. The van der Waals surface area contributed by atoms with E-state index in [1.165, 1.54) is 12.1 Å². The van der Waals surface area contributed by atoms with Crippen LogP contribution in [0.2, 0.25) is 0 Å². The number of nitrogens with one attached hydrogen (secondary N) is 1. The highest BCUT2D eigenvalue weighted by molar-refractivity contribution is 5.90. The summed E-state index contributed by atoms with van der Waals surface area (Å²) >= 11 is 0. The summed E-state index contributed by atoms with van der Waals surface area (Å²) in [5, 5.41) is 2.50. The van der Waals surface area contributed by atoms with Gasteiger partial charge in [-0.05, 0) is 42.8 Å². The van der Waals surface area contributed by atoms with Crippen molar-refractivity contribution in [3.63, 3.8) is 0 Å². The number of halogens is 3. The summed E-state index contributed by atoms with van der Waals surface area (Å²) in [7, 11) is 0. The van der Waals surface area contributed by atoms with Crippen LogP contribution in [-0.2, 0) is 11.0 Å². The smallest absolute Gasteiger partial charge is 0.416 e. The SMILES string of the molecule is Cc1ccnc(NC(=O)COc2cccc(C(F)(F)F)c2)c1. The zero-order valence-corrected chi connectivity index (χ0v) is 11.6. The molecule has 22 heavy (non-hydrogen) atoms. The molecule has 1 N–H and O–H groups in total. The quantitative estimate of drug-likeness (QED) is 0.941. The third-order valence-electron chi connectivity index (χ3n) is 2.71. The summed E-state index contributed by atoms with van der Waals surface area (Å²) < 4.78 is 42.7. The molecule has 2 aromatic rings. The second-order valence-corrected chi connectivity index (χ2v) is 4.58. The Morgan fingerprint density at radius 2 is 2.05 bits per heavy atom. The number of rotatable bonds is 4. The number of anilines is 1. The number of benzene rings is 1. The van der Waals surface area contributed by atoms with Gasteiger partial charge >= 0.3 is 6.18 Å². The minimum atomic E-state index is -4.45. The second kappa shape index (κ2) is 6.46. The average Bonchev–Trinajstić information content (AvgIpc) is 2.45. The molecule has 1 aromatic heterocycles. The average molecular weight is 310 g/mol. The van der Waals surface area contributed by atoms with Gasteiger partial charge in [0.2, 0.25) is 0 Å². The van der Waals surface area contributed by atoms with E-state index in [0.717, 1.165) is 17.7 Å². The van der Waals surface area contributed by atoms with Crippen LogP contribution in [0.3, 0.4) is 0 Å². The number of amides is 1. The Kier molecular flexibility index (Phi) is 4.65. The number of aryl methyl sites for hydroxylation is 1. The van der Waals surface area contributed by atoms with Crippen molar-refractivity contribution in [1.29, 1.82) is 0 Å². The molecule has 0 atom stereocenters. The predicted octanol–water partition coefficient (Wildman–Crippen LogP) is 3.43. The van der Waals surface area contributed by atoms with Crippen LogP contribution in [0.25, 0.3) is 0 Å². The molecule has 2 rings (SSSR count). The number of carbonyl (C=O) groups excluding carboxylic acids is 1. The maximum atomic E-state index is 12.5. The number of pyridine rings is 1. The molecule has 7 heteroatoms. The van der Waals surface area contributed by atoms with Gasteiger partial charge in [-0.2, -0.15) is 13.2 Å². The van der Waals surface area contributed by atoms with Crippen molar-refractivity contribution >= 4 is 11.7 Å². The normalized spacial score (nSPS) is 11.1. The van der Waals surface area contributed by atoms with Crippen LogP contribution >= 0.6 is 0 Å². The Morgan fingerprint density at radius 1 is 1.27 bits per heavy atom. The Labute approximate surface area is 124 Å². The van der Waals surface area contributed by atoms with E-state index in [2.05, 4.69) is 10.3 Å². The molecule has 1 heterocycles. The standard InChI is InChI=1S/C15H13F3N2O2/c1-10-5-6-19-13(7-10)20-14(21)9-22-12-4-2-3-11(8-12)15(16,17)18/h2-8H,9H2,1H3,(H,19,20,21). The van der Waals surface area contributed by atoms with E-state index < -0.39 is 24.3 Å². The molecule has 0 bridgehead atoms. The third kappa shape index (κ3) is 4.47. The maximum Gasteiger partial charge on any atom is 0.416 e. The highest BCUT2D eigenvalue weighted by atomic mass is 19.4. The Bertz CT molecular complexity index is 672. The summed E-state index contributed by atoms with van der Waals surface area (Å²) in [6, 6.07) is 7.80. The molecular weight excluding hydrogens is 297 g/mol. The molecule has 4 nitrogen and oxygen atoms in total. The van der Waals surface area contributed by atoms with Gasteiger partial charge in [0, 0.05) is 6.20 Å². The molecule has 0 spiro atoms. The Balaban J connectivity index is 1.94. The lowest BCUT2D eigenvalue weighted by Crippen LogP contribution is -2.21. The molecule has 0 saturated heterocycles. The van der Waals surface area contributed by atoms with E-state index in [4.69, 9.17) is 4.74 Å². The van der Waals surface area contributed by atoms with Crippen molar-refractivity contribution in [2.24, 2.45) is 0 Å². The zero-order chi connectivity index (χ0) is 16.2. The number of alkyl halides is 3. The van der Waals surface area contributed by atoms with Gasteiger partial charge in [0.05, 0.1) is 5.56 Å². The van der Waals surface area contributed by atoms with Crippen molar-refractivity contribution in [2.45, 2.75) is 13.1 Å². The fraction of sp³-hybridized carbons (Fsp3) is 0.200. The van der Waals surface area contributed by atoms with E-state index in [1.54, 1.807) is 18.3 Å². The van der Waals surface area contributed by atoms with Gasteiger partial charge in [-0.3, -0.25) is 4.79 Å². The maximum absolute atomic E-state index is 12.5. The highest BCUT2D eigenvalue weighted by Gasteiger charge is 2.30. The van der Waals surface area contributed by atoms with Crippen LogP contribution in [0.1, 0.15) is 11.1 Å². The predicted molar refractivity (Wildman–Crippen MR) is 74.5 cm³/mol. The molecule has 0 saturated carbocycles. The van der Waals surface area contributed by atoms with Gasteiger partial charge in [-0.15, -0.1) is 0 Å². The molecule has 0 unspecified atom stereocenters. The summed E-state index contributed by atoms with van der Waals surface area (Å²) in [6.07, 6.45) is -2.91. The molecule has 0 fully saturated rings.